The molecule has 0 unspecified atom stereocenters. The van der Waals surface area contributed by atoms with Crippen LogP contribution in [0.15, 0.2) is 57.8 Å². The predicted molar refractivity (Wildman–Crippen MR) is 132 cm³/mol. The molecule has 3 heterocycles. The van der Waals surface area contributed by atoms with Gasteiger partial charge in [-0.25, -0.2) is 9.55 Å². The zero-order valence-electron chi connectivity index (χ0n) is 18.2. The summed E-state index contributed by atoms with van der Waals surface area (Å²) in [7, 11) is 0. The van der Waals surface area contributed by atoms with E-state index in [1.54, 1.807) is 10.6 Å². The van der Waals surface area contributed by atoms with Crippen LogP contribution in [-0.4, -0.2) is 35.8 Å². The summed E-state index contributed by atoms with van der Waals surface area (Å²) in [6.45, 7) is 5.87. The van der Waals surface area contributed by atoms with E-state index >= 15 is 0 Å². The number of hydrogen-bond acceptors (Lipinski definition) is 7. The predicted octanol–water partition coefficient (Wildman–Crippen LogP) is 4.15. The number of carbonyl (C=O) groups is 1. The number of anilines is 1. The first-order chi connectivity index (χ1) is 15.9. The summed E-state index contributed by atoms with van der Waals surface area (Å²) in [5.74, 6) is 0.361. The van der Waals surface area contributed by atoms with Gasteiger partial charge >= 0.3 is 0 Å². The van der Waals surface area contributed by atoms with Crippen molar-refractivity contribution in [2.75, 3.05) is 11.1 Å². The lowest BCUT2D eigenvalue weighted by molar-refractivity contribution is -0.113. The Morgan fingerprint density at radius 1 is 1.09 bits per heavy atom. The van der Waals surface area contributed by atoms with Crippen LogP contribution in [0.25, 0.3) is 22.4 Å². The van der Waals surface area contributed by atoms with Gasteiger partial charge in [-0.3, -0.25) is 14.0 Å². The second-order valence-electron chi connectivity index (χ2n) is 7.63. The number of benzene rings is 2. The minimum Gasteiger partial charge on any atom is -0.301 e. The zero-order chi connectivity index (χ0) is 23.1. The van der Waals surface area contributed by atoms with Crippen LogP contribution >= 0.6 is 23.1 Å². The summed E-state index contributed by atoms with van der Waals surface area (Å²) in [5.41, 5.74) is 4.23. The molecule has 5 rings (SSSR count). The van der Waals surface area contributed by atoms with Gasteiger partial charge in [0.15, 0.2) is 10.3 Å². The van der Waals surface area contributed by atoms with E-state index in [0.29, 0.717) is 27.0 Å². The molecule has 0 saturated heterocycles. The second kappa shape index (κ2) is 8.45. The number of nitrogens with one attached hydrogen (secondary N) is 1. The fourth-order valence-electron chi connectivity index (χ4n) is 3.66. The summed E-state index contributed by atoms with van der Waals surface area (Å²) >= 11 is 2.65. The fourth-order valence-corrected chi connectivity index (χ4v) is 5.11. The topological polar surface area (TPSA) is 94.2 Å². The summed E-state index contributed by atoms with van der Waals surface area (Å²) in [5, 5.41) is 15.0. The Kier molecular flexibility index (Phi) is 5.47. The van der Waals surface area contributed by atoms with E-state index in [1.807, 2.05) is 67.0 Å². The summed E-state index contributed by atoms with van der Waals surface area (Å²) in [4.78, 5) is 30.2. The van der Waals surface area contributed by atoms with Gasteiger partial charge in [-0.1, -0.05) is 36.0 Å². The highest BCUT2D eigenvalue weighted by Gasteiger charge is 2.20. The van der Waals surface area contributed by atoms with Gasteiger partial charge in [0.1, 0.15) is 0 Å². The van der Waals surface area contributed by atoms with Crippen LogP contribution in [0.1, 0.15) is 16.8 Å². The van der Waals surface area contributed by atoms with Crippen LogP contribution in [0, 0.1) is 20.8 Å². The third-order valence-corrected chi connectivity index (χ3v) is 7.21. The minimum absolute atomic E-state index is 0.135. The first-order valence-corrected chi connectivity index (χ1v) is 12.1. The van der Waals surface area contributed by atoms with Gasteiger partial charge in [0.2, 0.25) is 11.7 Å². The molecule has 10 heteroatoms. The van der Waals surface area contributed by atoms with Gasteiger partial charge < -0.3 is 5.32 Å². The number of para-hydroxylation sites is 1. The van der Waals surface area contributed by atoms with E-state index in [-0.39, 0.29) is 17.2 Å². The van der Waals surface area contributed by atoms with Crippen molar-refractivity contribution in [1.82, 2.24) is 24.1 Å². The molecule has 0 radical (unpaired) electrons. The third-order valence-electron chi connectivity index (χ3n) is 5.41. The van der Waals surface area contributed by atoms with Crippen LogP contribution in [0.5, 0.6) is 0 Å². The standard InChI is InChI=1S/C23H20N6O2S2/c1-13-7-6-10-17(15(13)3)28-20(31)16-8-4-5-9-18(16)29-22(28)26-27-23(29)33-12-19(30)25-21-24-14(2)11-32-21/h4-11H,12H2,1-3H3,(H,24,25,30). The molecular formula is C23H20N6O2S2. The summed E-state index contributed by atoms with van der Waals surface area (Å²) in [6, 6.07) is 13.2. The first-order valence-electron chi connectivity index (χ1n) is 10.2. The highest BCUT2D eigenvalue weighted by atomic mass is 32.2. The van der Waals surface area contributed by atoms with Crippen LogP contribution in [0.2, 0.25) is 0 Å². The van der Waals surface area contributed by atoms with Crippen LogP contribution < -0.4 is 10.9 Å². The van der Waals surface area contributed by atoms with Gasteiger partial charge in [-0.2, -0.15) is 0 Å². The number of fused-ring (bicyclic) bond motifs is 3. The molecule has 8 nitrogen and oxygen atoms in total. The number of hydrogen-bond donors (Lipinski definition) is 1. The van der Waals surface area contributed by atoms with Crippen LogP contribution in [0.4, 0.5) is 5.13 Å². The van der Waals surface area contributed by atoms with E-state index in [0.717, 1.165) is 22.5 Å². The van der Waals surface area contributed by atoms with E-state index in [2.05, 4.69) is 20.5 Å². The maximum atomic E-state index is 13.5. The molecule has 33 heavy (non-hydrogen) atoms. The smallest absolute Gasteiger partial charge is 0.267 e. The lowest BCUT2D eigenvalue weighted by Gasteiger charge is -2.14. The Bertz CT molecular complexity index is 1580. The van der Waals surface area contributed by atoms with Crippen molar-refractivity contribution in [2.24, 2.45) is 0 Å². The molecule has 0 aliphatic rings. The highest BCUT2D eigenvalue weighted by Crippen LogP contribution is 2.25. The molecule has 1 N–H and O–H groups in total. The molecule has 1 amide bonds. The average Bonchev–Trinajstić information content (AvgIpc) is 3.41. The minimum atomic E-state index is -0.182. The summed E-state index contributed by atoms with van der Waals surface area (Å²) < 4.78 is 3.43. The van der Waals surface area contributed by atoms with Gasteiger partial charge in [0.25, 0.3) is 5.56 Å². The molecule has 0 aliphatic carbocycles. The van der Waals surface area contributed by atoms with E-state index in [4.69, 9.17) is 0 Å². The number of aromatic nitrogens is 5. The van der Waals surface area contributed by atoms with Crippen molar-refractivity contribution in [2.45, 2.75) is 25.9 Å². The van der Waals surface area contributed by atoms with Crippen LogP contribution in [-0.2, 0) is 4.79 Å². The Morgan fingerprint density at radius 2 is 1.91 bits per heavy atom. The Balaban J connectivity index is 1.60. The first kappa shape index (κ1) is 21.4. The fraction of sp³-hybridized carbons (Fsp3) is 0.174. The number of rotatable bonds is 5. The number of nitrogens with zero attached hydrogens (tertiary/aromatic N) is 5. The molecule has 0 fully saturated rings. The second-order valence-corrected chi connectivity index (χ2v) is 9.43. The number of aryl methyl sites for hydroxylation is 2. The monoisotopic (exact) mass is 476 g/mol. The largest absolute Gasteiger partial charge is 0.301 e. The molecule has 0 saturated carbocycles. The van der Waals surface area contributed by atoms with E-state index < -0.39 is 0 Å². The maximum absolute atomic E-state index is 13.5. The maximum Gasteiger partial charge on any atom is 0.267 e. The van der Waals surface area contributed by atoms with E-state index in [1.165, 1.54) is 23.1 Å². The number of thiazole rings is 1. The zero-order valence-corrected chi connectivity index (χ0v) is 19.8. The molecule has 0 bridgehead atoms. The molecule has 5 aromatic rings. The molecule has 3 aromatic heterocycles. The highest BCUT2D eigenvalue weighted by molar-refractivity contribution is 7.99. The lowest BCUT2D eigenvalue weighted by atomic mass is 10.1. The Morgan fingerprint density at radius 3 is 2.70 bits per heavy atom. The van der Waals surface area contributed by atoms with Gasteiger partial charge in [-0.15, -0.1) is 21.5 Å². The van der Waals surface area contributed by atoms with Crippen molar-refractivity contribution in [3.63, 3.8) is 0 Å². The Labute approximate surface area is 197 Å². The normalized spacial score (nSPS) is 11.4. The SMILES string of the molecule is Cc1csc(NC(=O)CSc2nnc3n(-c4cccc(C)c4C)c(=O)c4ccccc4n23)n1. The summed E-state index contributed by atoms with van der Waals surface area (Å²) in [6.07, 6.45) is 0. The Hall–Kier alpha value is -3.50. The molecule has 0 spiro atoms. The lowest BCUT2D eigenvalue weighted by Crippen LogP contribution is -2.22. The van der Waals surface area contributed by atoms with Crippen molar-refractivity contribution >= 4 is 50.8 Å². The van der Waals surface area contributed by atoms with Gasteiger partial charge in [0.05, 0.1) is 28.0 Å². The molecular weight excluding hydrogens is 456 g/mol. The van der Waals surface area contributed by atoms with Crippen molar-refractivity contribution < 1.29 is 4.79 Å². The van der Waals surface area contributed by atoms with Crippen LogP contribution in [0.3, 0.4) is 0 Å². The van der Waals surface area contributed by atoms with Gasteiger partial charge in [-0.05, 0) is 50.1 Å². The van der Waals surface area contributed by atoms with Crippen molar-refractivity contribution in [1.29, 1.82) is 0 Å². The average molecular weight is 477 g/mol. The molecule has 166 valence electrons. The third kappa shape index (κ3) is 3.81. The van der Waals surface area contributed by atoms with Gasteiger partial charge in [0, 0.05) is 5.38 Å². The van der Waals surface area contributed by atoms with E-state index in [9.17, 15) is 9.59 Å². The number of thioether (sulfide) groups is 1. The number of amides is 1. The molecule has 0 atom stereocenters. The number of carbonyl (C=O) groups excluding carboxylic acids is 1. The molecule has 2 aromatic carbocycles. The quantitative estimate of drug-likeness (QED) is 0.383. The van der Waals surface area contributed by atoms with Crippen molar-refractivity contribution in [3.8, 4) is 5.69 Å². The molecule has 0 aliphatic heterocycles. The van der Waals surface area contributed by atoms with Crippen molar-refractivity contribution in [3.05, 3.63) is 75.0 Å².